The van der Waals surface area contributed by atoms with Crippen LogP contribution in [0.2, 0.25) is 0 Å². The molecule has 0 saturated heterocycles. The zero-order chi connectivity index (χ0) is 18.6. The average Bonchev–Trinajstić information content (AvgIpc) is 3.11. The largest absolute Gasteiger partial charge is 0.436 e. The van der Waals surface area contributed by atoms with Crippen LogP contribution in [0.5, 0.6) is 0 Å². The van der Waals surface area contributed by atoms with Crippen molar-refractivity contribution in [2.75, 3.05) is 0 Å². The number of hydrogen-bond donors (Lipinski definition) is 1. The SMILES string of the molecule is C[C@H](N)CCc1ccc2oc(-c3cccc(Cc4ccccc4)c3)nc2c1. The molecular weight excluding hydrogens is 332 g/mol. The zero-order valence-electron chi connectivity index (χ0n) is 15.6. The van der Waals surface area contributed by atoms with E-state index in [4.69, 9.17) is 15.1 Å². The Bertz CT molecular complexity index is 1030. The molecule has 0 spiro atoms. The van der Waals surface area contributed by atoms with Gasteiger partial charge in [-0.2, -0.15) is 0 Å². The summed E-state index contributed by atoms with van der Waals surface area (Å²) >= 11 is 0. The maximum atomic E-state index is 6.00. The second kappa shape index (κ2) is 7.77. The van der Waals surface area contributed by atoms with Crippen LogP contribution in [0.4, 0.5) is 0 Å². The van der Waals surface area contributed by atoms with Crippen molar-refractivity contribution in [3.05, 3.63) is 89.5 Å². The zero-order valence-corrected chi connectivity index (χ0v) is 15.6. The Balaban J connectivity index is 1.59. The van der Waals surface area contributed by atoms with Crippen LogP contribution < -0.4 is 5.73 Å². The molecule has 0 unspecified atom stereocenters. The van der Waals surface area contributed by atoms with Crippen molar-refractivity contribution in [1.29, 1.82) is 0 Å². The molecule has 0 aliphatic heterocycles. The Hall–Kier alpha value is -2.91. The molecular formula is C24H24N2O. The van der Waals surface area contributed by atoms with Crippen LogP contribution >= 0.6 is 0 Å². The second-order valence-corrected chi connectivity index (χ2v) is 7.20. The lowest BCUT2D eigenvalue weighted by atomic mass is 10.0. The number of aryl methyl sites for hydroxylation is 1. The first-order valence-electron chi connectivity index (χ1n) is 9.46. The van der Waals surface area contributed by atoms with Crippen molar-refractivity contribution < 1.29 is 4.42 Å². The van der Waals surface area contributed by atoms with Gasteiger partial charge >= 0.3 is 0 Å². The number of aromatic nitrogens is 1. The summed E-state index contributed by atoms with van der Waals surface area (Å²) in [6.45, 7) is 2.04. The number of nitrogens with zero attached hydrogens (tertiary/aromatic N) is 1. The van der Waals surface area contributed by atoms with E-state index in [0.29, 0.717) is 5.89 Å². The Morgan fingerprint density at radius 2 is 1.70 bits per heavy atom. The van der Waals surface area contributed by atoms with E-state index in [9.17, 15) is 0 Å². The van der Waals surface area contributed by atoms with E-state index in [1.54, 1.807) is 0 Å². The van der Waals surface area contributed by atoms with Crippen molar-refractivity contribution in [3.8, 4) is 11.5 Å². The molecule has 0 aliphatic carbocycles. The van der Waals surface area contributed by atoms with Gasteiger partial charge < -0.3 is 10.2 Å². The molecule has 27 heavy (non-hydrogen) atoms. The maximum Gasteiger partial charge on any atom is 0.227 e. The summed E-state index contributed by atoms with van der Waals surface area (Å²) in [4.78, 5) is 4.72. The minimum absolute atomic E-state index is 0.209. The summed E-state index contributed by atoms with van der Waals surface area (Å²) in [5.74, 6) is 0.671. The maximum absolute atomic E-state index is 6.00. The molecule has 3 aromatic carbocycles. The van der Waals surface area contributed by atoms with Gasteiger partial charge in [0, 0.05) is 11.6 Å². The lowest BCUT2D eigenvalue weighted by molar-refractivity contribution is 0.619. The van der Waals surface area contributed by atoms with E-state index >= 15 is 0 Å². The van der Waals surface area contributed by atoms with Gasteiger partial charge in [-0.15, -0.1) is 0 Å². The summed E-state index contributed by atoms with van der Waals surface area (Å²) in [6, 6.07) is 25.3. The van der Waals surface area contributed by atoms with Crippen LogP contribution in [-0.2, 0) is 12.8 Å². The third-order valence-corrected chi connectivity index (χ3v) is 4.77. The quantitative estimate of drug-likeness (QED) is 0.505. The summed E-state index contributed by atoms with van der Waals surface area (Å²) in [6.07, 6.45) is 2.83. The van der Waals surface area contributed by atoms with E-state index in [1.807, 2.05) is 19.1 Å². The van der Waals surface area contributed by atoms with Crippen LogP contribution in [0.15, 0.2) is 77.2 Å². The number of rotatable bonds is 6. The highest BCUT2D eigenvalue weighted by atomic mass is 16.3. The summed E-state index contributed by atoms with van der Waals surface area (Å²) in [5, 5.41) is 0. The van der Waals surface area contributed by atoms with Crippen molar-refractivity contribution in [2.24, 2.45) is 5.73 Å². The van der Waals surface area contributed by atoms with Crippen LogP contribution in [0, 0.1) is 0 Å². The van der Waals surface area contributed by atoms with E-state index in [1.165, 1.54) is 16.7 Å². The Kier molecular flexibility index (Phi) is 5.03. The van der Waals surface area contributed by atoms with Crippen molar-refractivity contribution in [1.82, 2.24) is 4.98 Å². The Morgan fingerprint density at radius 1 is 0.889 bits per heavy atom. The molecule has 1 aromatic heterocycles. The lowest BCUT2D eigenvalue weighted by Crippen LogP contribution is -2.15. The standard InChI is InChI=1S/C24H24N2O/c1-17(25)10-11-19-12-13-23-22(16-19)26-24(27-23)21-9-5-8-20(15-21)14-18-6-3-2-4-7-18/h2-9,12-13,15-17H,10-11,14,25H2,1H3/t17-/m0/s1. The molecule has 0 bridgehead atoms. The topological polar surface area (TPSA) is 52.0 Å². The predicted molar refractivity (Wildman–Crippen MR) is 111 cm³/mol. The van der Waals surface area contributed by atoms with Gasteiger partial charge in [-0.05, 0) is 67.1 Å². The number of oxazole rings is 1. The van der Waals surface area contributed by atoms with Gasteiger partial charge in [0.15, 0.2) is 5.58 Å². The van der Waals surface area contributed by atoms with Gasteiger partial charge in [-0.1, -0.05) is 48.5 Å². The molecule has 136 valence electrons. The molecule has 0 fully saturated rings. The summed E-state index contributed by atoms with van der Waals surface area (Å²) < 4.78 is 6.00. The van der Waals surface area contributed by atoms with Crippen LogP contribution in [0.25, 0.3) is 22.6 Å². The minimum Gasteiger partial charge on any atom is -0.436 e. The first-order valence-corrected chi connectivity index (χ1v) is 9.46. The van der Waals surface area contributed by atoms with Gasteiger partial charge in [0.1, 0.15) is 5.52 Å². The molecule has 1 atom stereocenters. The first kappa shape index (κ1) is 17.5. The Labute approximate surface area is 159 Å². The van der Waals surface area contributed by atoms with Crippen molar-refractivity contribution in [2.45, 2.75) is 32.2 Å². The first-order chi connectivity index (χ1) is 13.2. The number of fused-ring (bicyclic) bond motifs is 1. The monoisotopic (exact) mass is 356 g/mol. The summed E-state index contributed by atoms with van der Waals surface area (Å²) in [7, 11) is 0. The predicted octanol–water partition coefficient (Wildman–Crippen LogP) is 5.37. The van der Waals surface area contributed by atoms with Crippen LogP contribution in [0.1, 0.15) is 30.0 Å². The van der Waals surface area contributed by atoms with E-state index in [-0.39, 0.29) is 6.04 Å². The third-order valence-electron chi connectivity index (χ3n) is 4.77. The van der Waals surface area contributed by atoms with Crippen molar-refractivity contribution >= 4 is 11.1 Å². The molecule has 0 saturated carbocycles. The van der Waals surface area contributed by atoms with Crippen LogP contribution in [0.3, 0.4) is 0 Å². The van der Waals surface area contributed by atoms with Gasteiger partial charge in [-0.3, -0.25) is 0 Å². The van der Waals surface area contributed by atoms with E-state index < -0.39 is 0 Å². The highest BCUT2D eigenvalue weighted by Gasteiger charge is 2.10. The molecule has 1 heterocycles. The molecule has 0 amide bonds. The van der Waals surface area contributed by atoms with Gasteiger partial charge in [0.05, 0.1) is 0 Å². The molecule has 4 aromatic rings. The number of benzene rings is 3. The molecule has 2 N–H and O–H groups in total. The fraction of sp³-hybridized carbons (Fsp3) is 0.208. The van der Waals surface area contributed by atoms with Crippen LogP contribution in [-0.4, -0.2) is 11.0 Å². The lowest BCUT2D eigenvalue weighted by Gasteiger charge is -2.04. The van der Waals surface area contributed by atoms with E-state index in [0.717, 1.165) is 35.9 Å². The number of nitrogens with two attached hydrogens (primary N) is 1. The van der Waals surface area contributed by atoms with E-state index in [2.05, 4.69) is 60.7 Å². The minimum atomic E-state index is 0.209. The molecule has 3 heteroatoms. The highest BCUT2D eigenvalue weighted by Crippen LogP contribution is 2.26. The molecule has 3 nitrogen and oxygen atoms in total. The Morgan fingerprint density at radius 3 is 2.52 bits per heavy atom. The normalized spacial score (nSPS) is 12.4. The van der Waals surface area contributed by atoms with Crippen molar-refractivity contribution in [3.63, 3.8) is 0 Å². The van der Waals surface area contributed by atoms with Gasteiger partial charge in [-0.25, -0.2) is 4.98 Å². The molecule has 0 aliphatic rings. The fourth-order valence-electron chi connectivity index (χ4n) is 3.29. The smallest absolute Gasteiger partial charge is 0.227 e. The highest BCUT2D eigenvalue weighted by molar-refractivity contribution is 5.77. The van der Waals surface area contributed by atoms with Gasteiger partial charge in [0.2, 0.25) is 5.89 Å². The summed E-state index contributed by atoms with van der Waals surface area (Å²) in [5.41, 5.74) is 12.4. The second-order valence-electron chi connectivity index (χ2n) is 7.20. The average molecular weight is 356 g/mol. The number of hydrogen-bond acceptors (Lipinski definition) is 3. The molecule has 4 rings (SSSR count). The van der Waals surface area contributed by atoms with Gasteiger partial charge in [0.25, 0.3) is 0 Å². The third kappa shape index (κ3) is 4.26. The fourth-order valence-corrected chi connectivity index (χ4v) is 3.29. The molecule has 0 radical (unpaired) electrons.